The summed E-state index contributed by atoms with van der Waals surface area (Å²) in [7, 11) is 0. The first-order valence-electron chi connectivity index (χ1n) is 16.7. The van der Waals surface area contributed by atoms with E-state index in [4.69, 9.17) is 23.7 Å². The van der Waals surface area contributed by atoms with Gasteiger partial charge in [-0.25, -0.2) is 0 Å². The number of aliphatic hydroxyl groups is 1. The van der Waals surface area contributed by atoms with Gasteiger partial charge >= 0.3 is 0 Å². The van der Waals surface area contributed by atoms with Crippen molar-refractivity contribution in [1.82, 2.24) is 0 Å². The minimum atomic E-state index is -1.01. The second kappa shape index (κ2) is 17.8. The highest BCUT2D eigenvalue weighted by atomic mass is 79.9. The van der Waals surface area contributed by atoms with Crippen molar-refractivity contribution in [1.29, 1.82) is 0 Å². The molecular formula is C42H43BrO6. The highest BCUT2D eigenvalue weighted by Gasteiger charge is 2.51. The van der Waals surface area contributed by atoms with E-state index in [1.807, 2.05) is 146 Å². The van der Waals surface area contributed by atoms with Crippen molar-refractivity contribution < 1.29 is 28.8 Å². The number of ether oxygens (including phenoxy) is 5. The zero-order valence-electron chi connectivity index (χ0n) is 27.6. The summed E-state index contributed by atoms with van der Waals surface area (Å²) in [5.41, 5.74) is 5.82. The summed E-state index contributed by atoms with van der Waals surface area (Å²) in [6, 6.07) is 46.0. The van der Waals surface area contributed by atoms with Crippen LogP contribution in [0.1, 0.15) is 39.5 Å². The molecule has 0 aliphatic carbocycles. The van der Waals surface area contributed by atoms with Crippen LogP contribution in [0.4, 0.5) is 0 Å². The molecule has 0 saturated carbocycles. The highest BCUT2D eigenvalue weighted by molar-refractivity contribution is 9.10. The maximum atomic E-state index is 12.1. The van der Waals surface area contributed by atoms with E-state index in [1.165, 1.54) is 0 Å². The van der Waals surface area contributed by atoms with E-state index in [1.54, 1.807) is 0 Å². The molecule has 1 fully saturated rings. The predicted octanol–water partition coefficient (Wildman–Crippen LogP) is 8.53. The molecule has 0 spiro atoms. The standard InChI is InChI=1S/C42H43BrO6/c1-30-24-35(43)22-23-36(30)38(44)40-42(48-28-34-20-12-5-13-21-34)41(47-27-33-18-10-4-11-19-33)39(46-26-32-16-8-3-9-17-32)37(49-40)29-45-25-31-14-6-2-7-15-31/h2-24,37-42,44H,25-29H2,1H3/t37-,38-,39-,40-,41+,42-/m1/s1. The van der Waals surface area contributed by atoms with Gasteiger partial charge in [0.1, 0.15) is 36.6 Å². The summed E-state index contributed by atoms with van der Waals surface area (Å²) in [4.78, 5) is 0. The summed E-state index contributed by atoms with van der Waals surface area (Å²) < 4.78 is 34.5. The molecular weight excluding hydrogens is 680 g/mol. The lowest BCUT2D eigenvalue weighted by Crippen LogP contribution is -2.62. The van der Waals surface area contributed by atoms with Crippen molar-refractivity contribution in [2.24, 2.45) is 0 Å². The van der Waals surface area contributed by atoms with E-state index in [0.29, 0.717) is 26.4 Å². The number of halogens is 1. The number of benzene rings is 5. The summed E-state index contributed by atoms with van der Waals surface area (Å²) >= 11 is 3.57. The molecule has 1 heterocycles. The van der Waals surface area contributed by atoms with Crippen molar-refractivity contribution in [2.45, 2.75) is 70.0 Å². The second-order valence-electron chi connectivity index (χ2n) is 12.4. The normalized spacial score (nSPS) is 21.3. The Labute approximate surface area is 297 Å². The Hall–Kier alpha value is -3.66. The third-order valence-corrected chi connectivity index (χ3v) is 9.27. The van der Waals surface area contributed by atoms with Crippen LogP contribution in [-0.4, -0.2) is 42.2 Å². The molecule has 0 amide bonds. The van der Waals surface area contributed by atoms with E-state index in [2.05, 4.69) is 15.9 Å². The van der Waals surface area contributed by atoms with Gasteiger partial charge in [-0.15, -0.1) is 0 Å². The predicted molar refractivity (Wildman–Crippen MR) is 194 cm³/mol. The Kier molecular flexibility index (Phi) is 12.8. The summed E-state index contributed by atoms with van der Waals surface area (Å²) in [5.74, 6) is 0. The quantitative estimate of drug-likeness (QED) is 0.117. The van der Waals surface area contributed by atoms with Crippen LogP contribution in [0.15, 0.2) is 144 Å². The van der Waals surface area contributed by atoms with Gasteiger partial charge in [0.15, 0.2) is 0 Å². The topological polar surface area (TPSA) is 66.4 Å². The Balaban J connectivity index is 1.36. The number of rotatable bonds is 15. The molecule has 6 rings (SSSR count). The van der Waals surface area contributed by atoms with Crippen LogP contribution in [0.25, 0.3) is 0 Å². The largest absolute Gasteiger partial charge is 0.386 e. The molecule has 254 valence electrons. The first-order chi connectivity index (χ1) is 24.0. The first-order valence-corrected chi connectivity index (χ1v) is 17.5. The molecule has 0 bridgehead atoms. The molecule has 0 aromatic heterocycles. The third kappa shape index (κ3) is 9.74. The Morgan fingerprint density at radius 3 is 1.53 bits per heavy atom. The lowest BCUT2D eigenvalue weighted by Gasteiger charge is -2.47. The number of hydrogen-bond donors (Lipinski definition) is 1. The molecule has 1 saturated heterocycles. The Morgan fingerprint density at radius 2 is 1.04 bits per heavy atom. The van der Waals surface area contributed by atoms with E-state index in [-0.39, 0.29) is 6.61 Å². The monoisotopic (exact) mass is 722 g/mol. The fourth-order valence-electron chi connectivity index (χ4n) is 6.23. The summed E-state index contributed by atoms with van der Waals surface area (Å²) in [6.45, 7) is 3.62. The number of aryl methyl sites for hydroxylation is 1. The van der Waals surface area contributed by atoms with Crippen LogP contribution < -0.4 is 0 Å². The lowest BCUT2D eigenvalue weighted by molar-refractivity contribution is -0.287. The van der Waals surface area contributed by atoms with Gasteiger partial charge in [-0.3, -0.25) is 0 Å². The van der Waals surface area contributed by atoms with Gasteiger partial charge in [0, 0.05) is 4.47 Å². The molecule has 0 unspecified atom stereocenters. The van der Waals surface area contributed by atoms with Crippen molar-refractivity contribution >= 4 is 15.9 Å². The van der Waals surface area contributed by atoms with Gasteiger partial charge < -0.3 is 28.8 Å². The van der Waals surface area contributed by atoms with E-state index in [0.717, 1.165) is 37.9 Å². The minimum absolute atomic E-state index is 0.230. The smallest absolute Gasteiger partial charge is 0.117 e. The third-order valence-electron chi connectivity index (χ3n) is 8.78. The average Bonchev–Trinajstić information content (AvgIpc) is 3.14. The molecule has 49 heavy (non-hydrogen) atoms. The van der Waals surface area contributed by atoms with Crippen molar-refractivity contribution in [3.63, 3.8) is 0 Å². The van der Waals surface area contributed by atoms with Crippen LogP contribution in [0.2, 0.25) is 0 Å². The SMILES string of the molecule is Cc1cc(Br)ccc1[C@@H](O)[C@H]1O[C@H](COCc2ccccc2)[C@@H](OCc2ccccc2)[C@H](OCc2ccccc2)[C@@H]1OCc1ccccc1. The Bertz CT molecular complexity index is 1690. The molecule has 6 nitrogen and oxygen atoms in total. The molecule has 1 N–H and O–H groups in total. The molecule has 0 radical (unpaired) electrons. The zero-order valence-corrected chi connectivity index (χ0v) is 29.2. The molecule has 1 aliphatic heterocycles. The van der Waals surface area contributed by atoms with Gasteiger partial charge in [0.25, 0.3) is 0 Å². The fourth-order valence-corrected chi connectivity index (χ4v) is 6.70. The van der Waals surface area contributed by atoms with Gasteiger partial charge in [0.05, 0.1) is 33.0 Å². The van der Waals surface area contributed by atoms with Crippen LogP contribution in [0.5, 0.6) is 0 Å². The van der Waals surface area contributed by atoms with Gasteiger partial charge in [0.2, 0.25) is 0 Å². The lowest BCUT2D eigenvalue weighted by atomic mass is 9.88. The molecule has 6 atom stereocenters. The fraction of sp³-hybridized carbons (Fsp3) is 0.286. The van der Waals surface area contributed by atoms with Crippen LogP contribution in [0.3, 0.4) is 0 Å². The highest BCUT2D eigenvalue weighted by Crippen LogP contribution is 2.37. The molecule has 5 aromatic carbocycles. The molecule has 5 aromatic rings. The van der Waals surface area contributed by atoms with E-state index < -0.39 is 36.6 Å². The van der Waals surface area contributed by atoms with Gasteiger partial charge in [-0.1, -0.05) is 143 Å². The average molecular weight is 724 g/mol. The van der Waals surface area contributed by atoms with Crippen molar-refractivity contribution in [2.75, 3.05) is 6.61 Å². The van der Waals surface area contributed by atoms with Crippen LogP contribution >= 0.6 is 15.9 Å². The maximum absolute atomic E-state index is 12.1. The van der Waals surface area contributed by atoms with Gasteiger partial charge in [-0.05, 0) is 52.4 Å². The molecule has 7 heteroatoms. The second-order valence-corrected chi connectivity index (χ2v) is 13.3. The zero-order chi connectivity index (χ0) is 33.8. The van der Waals surface area contributed by atoms with Gasteiger partial charge in [-0.2, -0.15) is 0 Å². The van der Waals surface area contributed by atoms with Crippen molar-refractivity contribution in [3.05, 3.63) is 177 Å². The van der Waals surface area contributed by atoms with Crippen molar-refractivity contribution in [3.8, 4) is 0 Å². The number of aliphatic hydroxyl groups excluding tert-OH is 1. The van der Waals surface area contributed by atoms with E-state index in [9.17, 15) is 5.11 Å². The molecule has 1 aliphatic rings. The first kappa shape index (κ1) is 35.2. The maximum Gasteiger partial charge on any atom is 0.117 e. The summed E-state index contributed by atoms with van der Waals surface area (Å²) in [5, 5.41) is 12.1. The number of hydrogen-bond acceptors (Lipinski definition) is 6. The van der Waals surface area contributed by atoms with Crippen LogP contribution in [-0.2, 0) is 50.1 Å². The Morgan fingerprint density at radius 1 is 0.592 bits per heavy atom. The minimum Gasteiger partial charge on any atom is -0.386 e. The van der Waals surface area contributed by atoms with E-state index >= 15 is 0 Å². The van der Waals surface area contributed by atoms with Crippen LogP contribution in [0, 0.1) is 6.92 Å². The summed E-state index contributed by atoms with van der Waals surface area (Å²) in [6.07, 6.45) is -4.24.